The van der Waals surface area contributed by atoms with Crippen LogP contribution in [0, 0.1) is 0 Å². The molecule has 0 spiro atoms. The third-order valence-electron chi connectivity index (χ3n) is 4.74. The minimum atomic E-state index is -1.31. The van der Waals surface area contributed by atoms with Crippen molar-refractivity contribution in [1.82, 2.24) is 10.2 Å². The molecule has 2 N–H and O–H groups in total. The topological polar surface area (TPSA) is 113 Å². The number of carbonyl (C=O) groups is 4. The van der Waals surface area contributed by atoms with Gasteiger partial charge in [-0.1, -0.05) is 12.1 Å². The van der Waals surface area contributed by atoms with E-state index in [1.54, 1.807) is 46.8 Å². The van der Waals surface area contributed by atoms with Crippen LogP contribution in [0.1, 0.15) is 55.3 Å². The maximum atomic E-state index is 13.1. The zero-order chi connectivity index (χ0) is 21.7. The van der Waals surface area contributed by atoms with Crippen LogP contribution in [0.3, 0.4) is 0 Å². The molecule has 2 aliphatic heterocycles. The van der Waals surface area contributed by atoms with Crippen LogP contribution in [0.2, 0.25) is 0 Å². The Kier molecular flexibility index (Phi) is 5.25. The Labute approximate surface area is 173 Å². The van der Waals surface area contributed by atoms with Crippen LogP contribution in [0.25, 0.3) is 0 Å². The van der Waals surface area contributed by atoms with E-state index in [0.717, 1.165) is 4.90 Å². The molecule has 2 aliphatic rings. The second-order valence-corrected chi connectivity index (χ2v) is 10.4. The van der Waals surface area contributed by atoms with Gasteiger partial charge in [0, 0.05) is 4.75 Å². The Morgan fingerprint density at radius 3 is 2.10 bits per heavy atom. The molecule has 2 heterocycles. The van der Waals surface area contributed by atoms with Gasteiger partial charge in [0.25, 0.3) is 11.8 Å². The summed E-state index contributed by atoms with van der Waals surface area (Å²) in [5.41, 5.74) is -0.426. The van der Waals surface area contributed by atoms with E-state index in [4.69, 9.17) is 4.74 Å². The van der Waals surface area contributed by atoms with E-state index < -0.39 is 51.6 Å². The quantitative estimate of drug-likeness (QED) is 0.561. The van der Waals surface area contributed by atoms with Crippen molar-refractivity contribution < 1.29 is 29.0 Å². The molecule has 156 valence electrons. The van der Waals surface area contributed by atoms with Crippen molar-refractivity contribution >= 4 is 35.5 Å². The van der Waals surface area contributed by atoms with E-state index in [1.807, 2.05) is 0 Å². The van der Waals surface area contributed by atoms with Crippen molar-refractivity contribution in [2.45, 2.75) is 62.4 Å². The molecule has 1 aromatic rings. The highest BCUT2D eigenvalue weighted by Gasteiger charge is 2.54. The Morgan fingerprint density at radius 2 is 1.69 bits per heavy atom. The zero-order valence-corrected chi connectivity index (χ0v) is 17.7. The lowest BCUT2D eigenvalue weighted by molar-refractivity contribution is -0.160. The minimum absolute atomic E-state index is 0.211. The summed E-state index contributed by atoms with van der Waals surface area (Å²) in [4.78, 5) is 51.7. The fraction of sp³-hybridized carbons (Fsp3) is 0.500. The number of hydrogen-bond acceptors (Lipinski definition) is 7. The summed E-state index contributed by atoms with van der Waals surface area (Å²) in [5.74, 6) is -3.03. The molecule has 0 bridgehead atoms. The van der Waals surface area contributed by atoms with E-state index in [-0.39, 0.29) is 11.1 Å². The Morgan fingerprint density at radius 1 is 1.17 bits per heavy atom. The predicted molar refractivity (Wildman–Crippen MR) is 107 cm³/mol. The number of amides is 2. The van der Waals surface area contributed by atoms with Gasteiger partial charge in [-0.15, -0.1) is 11.8 Å². The minimum Gasteiger partial charge on any atom is -0.480 e. The number of aliphatic carboxylic acids is 1. The number of rotatable bonds is 4. The number of fused-ring (bicyclic) bond motifs is 1. The number of benzene rings is 1. The molecule has 1 fully saturated rings. The SMILES string of the molecule is CC(C)(C)OC(=O)[C@H]([C@@H]1N[C@H](C(=O)O)C(C)(C)S1)N1C(=O)c2ccccc2C1=O. The maximum absolute atomic E-state index is 13.1. The fourth-order valence-corrected chi connectivity index (χ4v) is 5.03. The van der Waals surface area contributed by atoms with Gasteiger partial charge in [-0.3, -0.25) is 24.6 Å². The number of esters is 1. The molecule has 3 rings (SSSR count). The first-order valence-electron chi connectivity index (χ1n) is 9.20. The van der Waals surface area contributed by atoms with Crippen molar-refractivity contribution in [3.8, 4) is 0 Å². The number of nitrogens with one attached hydrogen (secondary N) is 1. The Balaban J connectivity index is 2.02. The van der Waals surface area contributed by atoms with Crippen LogP contribution in [0.5, 0.6) is 0 Å². The number of thioether (sulfide) groups is 1. The molecule has 0 aromatic heterocycles. The molecule has 0 saturated carbocycles. The highest BCUT2D eigenvalue weighted by molar-refractivity contribution is 8.01. The number of carbonyl (C=O) groups excluding carboxylic acids is 3. The highest BCUT2D eigenvalue weighted by Crippen LogP contribution is 2.42. The second kappa shape index (κ2) is 7.14. The highest BCUT2D eigenvalue weighted by atomic mass is 32.2. The van der Waals surface area contributed by atoms with Gasteiger partial charge in [0.2, 0.25) is 0 Å². The van der Waals surface area contributed by atoms with E-state index >= 15 is 0 Å². The first-order valence-corrected chi connectivity index (χ1v) is 10.1. The summed E-state index contributed by atoms with van der Waals surface area (Å²) in [6.07, 6.45) is 0. The fourth-order valence-electron chi connectivity index (χ4n) is 3.51. The molecule has 0 unspecified atom stereocenters. The number of hydrogen-bond donors (Lipinski definition) is 2. The van der Waals surface area contributed by atoms with Crippen molar-refractivity contribution in [2.24, 2.45) is 0 Å². The number of carboxylic acids is 1. The van der Waals surface area contributed by atoms with Crippen LogP contribution in [0.15, 0.2) is 24.3 Å². The molecular weight excluding hydrogens is 396 g/mol. The first-order chi connectivity index (χ1) is 13.3. The van der Waals surface area contributed by atoms with Gasteiger partial charge in [-0.2, -0.15) is 0 Å². The molecule has 8 nitrogen and oxygen atoms in total. The molecule has 2 amide bonds. The molecule has 0 radical (unpaired) electrons. The lowest BCUT2D eigenvalue weighted by Crippen LogP contribution is -2.56. The smallest absolute Gasteiger partial charge is 0.332 e. The van der Waals surface area contributed by atoms with Crippen LogP contribution >= 0.6 is 11.8 Å². The third-order valence-corrected chi connectivity index (χ3v) is 6.23. The van der Waals surface area contributed by atoms with Crippen molar-refractivity contribution in [3.05, 3.63) is 35.4 Å². The first kappa shape index (κ1) is 21.3. The predicted octanol–water partition coefficient (Wildman–Crippen LogP) is 1.89. The van der Waals surface area contributed by atoms with E-state index in [0.29, 0.717) is 0 Å². The van der Waals surface area contributed by atoms with Crippen LogP contribution in [-0.4, -0.2) is 61.6 Å². The molecule has 1 saturated heterocycles. The summed E-state index contributed by atoms with van der Waals surface area (Å²) in [5, 5.41) is 11.6. The molecule has 9 heteroatoms. The van der Waals surface area contributed by atoms with E-state index in [2.05, 4.69) is 5.32 Å². The lowest BCUT2D eigenvalue weighted by atomic mass is 10.0. The zero-order valence-electron chi connectivity index (χ0n) is 16.9. The monoisotopic (exact) mass is 420 g/mol. The second-order valence-electron chi connectivity index (χ2n) is 8.58. The van der Waals surface area contributed by atoms with Crippen LogP contribution < -0.4 is 5.32 Å². The summed E-state index contributed by atoms with van der Waals surface area (Å²) in [7, 11) is 0. The molecular formula is C20H24N2O6S. The number of ether oxygens (including phenoxy) is 1. The Bertz CT molecular complexity index is 856. The molecule has 1 aromatic carbocycles. The van der Waals surface area contributed by atoms with E-state index in [9.17, 15) is 24.3 Å². The standard InChI is InChI=1S/C20H24N2O6S/c1-19(2,3)28-18(27)12(14-21-13(17(25)26)20(4,5)29-14)22-15(23)10-8-6-7-9-11(10)16(22)24/h6-9,12-14,21H,1-5H3,(H,25,26)/t12-,13+,14+/m0/s1. The average molecular weight is 420 g/mol. The van der Waals surface area contributed by atoms with Gasteiger partial charge >= 0.3 is 11.9 Å². The van der Waals surface area contributed by atoms with Crippen LogP contribution in [-0.2, 0) is 14.3 Å². The summed E-state index contributed by atoms with van der Waals surface area (Å²) >= 11 is 1.20. The molecule has 29 heavy (non-hydrogen) atoms. The summed E-state index contributed by atoms with van der Waals surface area (Å²) in [6.45, 7) is 8.52. The van der Waals surface area contributed by atoms with E-state index in [1.165, 1.54) is 23.9 Å². The molecule has 0 aliphatic carbocycles. The van der Waals surface area contributed by atoms with Crippen molar-refractivity contribution in [2.75, 3.05) is 0 Å². The molecule has 3 atom stereocenters. The lowest BCUT2D eigenvalue weighted by Gasteiger charge is -2.32. The number of carboxylic acid groups (broad SMARTS) is 1. The van der Waals surface area contributed by atoms with Gasteiger partial charge in [0.15, 0.2) is 6.04 Å². The van der Waals surface area contributed by atoms with Crippen molar-refractivity contribution in [3.63, 3.8) is 0 Å². The van der Waals surface area contributed by atoms with Crippen molar-refractivity contribution in [1.29, 1.82) is 0 Å². The summed E-state index contributed by atoms with van der Waals surface area (Å²) < 4.78 is 4.73. The van der Waals surface area contributed by atoms with Gasteiger partial charge in [0.1, 0.15) is 11.6 Å². The average Bonchev–Trinajstić information content (AvgIpc) is 3.03. The summed E-state index contributed by atoms with van der Waals surface area (Å²) in [6, 6.07) is 4.07. The third kappa shape index (κ3) is 3.89. The van der Waals surface area contributed by atoms with Gasteiger partial charge in [-0.25, -0.2) is 4.79 Å². The number of imide groups is 1. The Hall–Kier alpha value is -2.39. The maximum Gasteiger partial charge on any atom is 0.332 e. The number of nitrogens with zero attached hydrogens (tertiary/aromatic N) is 1. The van der Waals surface area contributed by atoms with Gasteiger partial charge in [0.05, 0.1) is 16.5 Å². The van der Waals surface area contributed by atoms with Gasteiger partial charge < -0.3 is 9.84 Å². The van der Waals surface area contributed by atoms with Gasteiger partial charge in [-0.05, 0) is 46.8 Å². The normalized spacial score (nSPS) is 24.4. The van der Waals surface area contributed by atoms with Crippen LogP contribution in [0.4, 0.5) is 0 Å². The largest absolute Gasteiger partial charge is 0.480 e.